The molecule has 0 aliphatic carbocycles. The number of fused-ring (bicyclic) bond motifs is 3. The number of nitrogens with zero attached hydrogens (tertiary/aromatic N) is 2. The number of hydrogen-bond donors (Lipinski definition) is 1. The van der Waals surface area contributed by atoms with Crippen molar-refractivity contribution in [3.8, 4) is 11.5 Å². The topological polar surface area (TPSA) is 62.2 Å². The highest BCUT2D eigenvalue weighted by molar-refractivity contribution is 5.66. The van der Waals surface area contributed by atoms with Crippen LogP contribution in [0.2, 0.25) is 0 Å². The van der Waals surface area contributed by atoms with Gasteiger partial charge in [0.2, 0.25) is 0 Å². The van der Waals surface area contributed by atoms with Crippen LogP contribution in [0.15, 0.2) is 30.3 Å². The van der Waals surface area contributed by atoms with Gasteiger partial charge in [-0.25, -0.2) is 13.8 Å². The Bertz CT molecular complexity index is 1020. The lowest BCUT2D eigenvalue weighted by atomic mass is 9.74. The first kappa shape index (κ1) is 20.1. The molecule has 0 aromatic heterocycles. The summed E-state index contributed by atoms with van der Waals surface area (Å²) in [4.78, 5) is 18.9. The molecule has 1 saturated heterocycles. The number of anilines is 1. The van der Waals surface area contributed by atoms with E-state index in [0.29, 0.717) is 37.4 Å². The van der Waals surface area contributed by atoms with Crippen molar-refractivity contribution in [2.45, 2.75) is 31.1 Å². The van der Waals surface area contributed by atoms with Crippen molar-refractivity contribution in [3.63, 3.8) is 0 Å². The number of aliphatic carboxylic acids is 1. The summed E-state index contributed by atoms with van der Waals surface area (Å²) in [5, 5.41) is 10.4. The van der Waals surface area contributed by atoms with Gasteiger partial charge in [-0.15, -0.1) is 0 Å². The van der Waals surface area contributed by atoms with Gasteiger partial charge in [-0.3, -0.25) is 4.79 Å². The molecule has 0 radical (unpaired) electrons. The molecule has 3 aliphatic heterocycles. The molecule has 0 atom stereocenters. The SMILES string of the molecule is O=C(O)CCN1CCC2(CC1)COc1cc(ON3CCc4cc(F)cc(F)c43)ccc12. The summed E-state index contributed by atoms with van der Waals surface area (Å²) in [6, 6.07) is 7.94. The summed E-state index contributed by atoms with van der Waals surface area (Å²) < 4.78 is 33.7. The number of likely N-dealkylation sites (tertiary alicyclic amines) is 1. The number of hydroxylamine groups is 1. The maximum atomic E-state index is 14.3. The quantitative estimate of drug-likeness (QED) is 0.783. The Balaban J connectivity index is 1.29. The van der Waals surface area contributed by atoms with Gasteiger partial charge in [-0.05, 0) is 50.0 Å². The van der Waals surface area contributed by atoms with Crippen LogP contribution in [-0.4, -0.2) is 48.8 Å². The van der Waals surface area contributed by atoms with Crippen LogP contribution >= 0.6 is 0 Å². The fraction of sp³-hybridized carbons (Fsp3) is 0.435. The molecule has 1 fully saturated rings. The molecule has 0 amide bonds. The molecule has 3 aliphatic rings. The normalized spacial score (nSPS) is 19.2. The van der Waals surface area contributed by atoms with Gasteiger partial charge in [0.15, 0.2) is 11.6 Å². The standard InChI is InChI=1S/C23H24F2N2O4/c24-16-11-15-3-8-27(22(15)19(25)12-16)31-17-1-2-18-20(13-17)30-14-23(18)5-9-26(10-6-23)7-4-21(28)29/h1-2,11-13H,3-10,14H2,(H,28,29). The van der Waals surface area contributed by atoms with Crippen molar-refractivity contribution in [2.75, 3.05) is 37.8 Å². The molecular weight excluding hydrogens is 406 g/mol. The van der Waals surface area contributed by atoms with Crippen LogP contribution < -0.4 is 14.6 Å². The van der Waals surface area contributed by atoms with Gasteiger partial charge in [0, 0.05) is 29.7 Å². The zero-order chi connectivity index (χ0) is 21.6. The Hall–Kier alpha value is -2.87. The number of ether oxygens (including phenoxy) is 1. The summed E-state index contributed by atoms with van der Waals surface area (Å²) in [5.74, 6) is -0.656. The maximum absolute atomic E-state index is 14.3. The van der Waals surface area contributed by atoms with E-state index < -0.39 is 17.6 Å². The summed E-state index contributed by atoms with van der Waals surface area (Å²) in [6.45, 7) is 3.30. The van der Waals surface area contributed by atoms with Gasteiger partial charge in [-0.1, -0.05) is 6.07 Å². The van der Waals surface area contributed by atoms with E-state index in [-0.39, 0.29) is 17.5 Å². The minimum Gasteiger partial charge on any atom is -0.492 e. The lowest BCUT2D eigenvalue weighted by Crippen LogP contribution is -2.44. The zero-order valence-electron chi connectivity index (χ0n) is 17.1. The molecule has 1 N–H and O–H groups in total. The first-order valence-electron chi connectivity index (χ1n) is 10.6. The predicted octanol–water partition coefficient (Wildman–Crippen LogP) is 3.52. The van der Waals surface area contributed by atoms with Crippen molar-refractivity contribution >= 4 is 11.7 Å². The number of hydrogen-bond acceptors (Lipinski definition) is 5. The van der Waals surface area contributed by atoms with Crippen molar-refractivity contribution in [3.05, 3.63) is 53.1 Å². The van der Waals surface area contributed by atoms with Gasteiger partial charge in [0.25, 0.3) is 0 Å². The molecule has 164 valence electrons. The molecule has 5 rings (SSSR count). The van der Waals surface area contributed by atoms with Crippen LogP contribution in [-0.2, 0) is 16.6 Å². The van der Waals surface area contributed by atoms with E-state index in [1.807, 2.05) is 18.2 Å². The summed E-state index contributed by atoms with van der Waals surface area (Å²) in [7, 11) is 0. The Morgan fingerprint density at radius 3 is 2.74 bits per heavy atom. The van der Waals surface area contributed by atoms with Crippen molar-refractivity contribution in [2.24, 2.45) is 0 Å². The van der Waals surface area contributed by atoms with E-state index in [1.54, 1.807) is 0 Å². The van der Waals surface area contributed by atoms with Crippen LogP contribution in [0.3, 0.4) is 0 Å². The Morgan fingerprint density at radius 1 is 1.16 bits per heavy atom. The van der Waals surface area contributed by atoms with Gasteiger partial charge in [0.05, 0.1) is 19.6 Å². The van der Waals surface area contributed by atoms with E-state index in [9.17, 15) is 13.6 Å². The number of piperidine rings is 1. The van der Waals surface area contributed by atoms with Gasteiger partial charge in [-0.2, -0.15) is 0 Å². The monoisotopic (exact) mass is 430 g/mol. The second kappa shape index (κ2) is 7.67. The lowest BCUT2D eigenvalue weighted by Gasteiger charge is -2.38. The molecule has 0 bridgehead atoms. The number of carbonyl (C=O) groups is 1. The molecule has 6 nitrogen and oxygen atoms in total. The smallest absolute Gasteiger partial charge is 0.304 e. The number of benzene rings is 2. The Morgan fingerprint density at radius 2 is 1.97 bits per heavy atom. The predicted molar refractivity (Wildman–Crippen MR) is 110 cm³/mol. The number of carboxylic acid groups (broad SMARTS) is 1. The second-order valence-electron chi connectivity index (χ2n) is 8.55. The highest BCUT2D eigenvalue weighted by atomic mass is 19.1. The molecule has 0 saturated carbocycles. The van der Waals surface area contributed by atoms with E-state index in [4.69, 9.17) is 14.7 Å². The van der Waals surface area contributed by atoms with Crippen LogP contribution in [0.5, 0.6) is 11.5 Å². The zero-order valence-corrected chi connectivity index (χ0v) is 17.1. The third-order valence-electron chi connectivity index (χ3n) is 6.64. The molecule has 2 aromatic rings. The summed E-state index contributed by atoms with van der Waals surface area (Å²) in [6.07, 6.45) is 2.51. The first-order valence-corrected chi connectivity index (χ1v) is 10.6. The third kappa shape index (κ3) is 3.69. The molecular formula is C23H24F2N2O4. The van der Waals surface area contributed by atoms with Crippen LogP contribution in [0.25, 0.3) is 0 Å². The summed E-state index contributed by atoms with van der Waals surface area (Å²) >= 11 is 0. The highest BCUT2D eigenvalue weighted by Crippen LogP contribution is 2.47. The average molecular weight is 430 g/mol. The van der Waals surface area contributed by atoms with Gasteiger partial charge in [0.1, 0.15) is 17.3 Å². The average Bonchev–Trinajstić information content (AvgIpc) is 3.29. The van der Waals surface area contributed by atoms with Crippen molar-refractivity contribution in [1.29, 1.82) is 0 Å². The van der Waals surface area contributed by atoms with E-state index in [0.717, 1.165) is 43.3 Å². The molecule has 31 heavy (non-hydrogen) atoms. The third-order valence-corrected chi connectivity index (χ3v) is 6.64. The first-order chi connectivity index (χ1) is 14.9. The molecule has 8 heteroatoms. The van der Waals surface area contributed by atoms with Crippen molar-refractivity contribution < 1.29 is 28.3 Å². The minimum absolute atomic E-state index is 0.0581. The maximum Gasteiger partial charge on any atom is 0.304 e. The molecule has 1 spiro atoms. The van der Waals surface area contributed by atoms with E-state index >= 15 is 0 Å². The van der Waals surface area contributed by atoms with Gasteiger partial charge < -0.3 is 19.6 Å². The van der Waals surface area contributed by atoms with Gasteiger partial charge >= 0.3 is 5.97 Å². The van der Waals surface area contributed by atoms with E-state index in [2.05, 4.69) is 4.90 Å². The number of halogens is 2. The molecule has 2 aromatic carbocycles. The van der Waals surface area contributed by atoms with Crippen LogP contribution in [0, 0.1) is 11.6 Å². The van der Waals surface area contributed by atoms with Crippen LogP contribution in [0.4, 0.5) is 14.5 Å². The Kier molecular flexibility index (Phi) is 4.97. The largest absolute Gasteiger partial charge is 0.492 e. The van der Waals surface area contributed by atoms with Crippen molar-refractivity contribution in [1.82, 2.24) is 4.90 Å². The van der Waals surface area contributed by atoms with Crippen LogP contribution in [0.1, 0.15) is 30.4 Å². The fourth-order valence-corrected chi connectivity index (χ4v) is 4.92. The fourth-order valence-electron chi connectivity index (χ4n) is 4.92. The molecule has 3 heterocycles. The molecule has 0 unspecified atom stereocenters. The second-order valence-corrected chi connectivity index (χ2v) is 8.55. The Labute approximate surface area is 178 Å². The van der Waals surface area contributed by atoms with E-state index in [1.165, 1.54) is 11.1 Å². The number of carboxylic acids is 1. The number of rotatable bonds is 5. The summed E-state index contributed by atoms with van der Waals surface area (Å²) in [5.41, 5.74) is 1.97. The highest BCUT2D eigenvalue weighted by Gasteiger charge is 2.43. The lowest BCUT2D eigenvalue weighted by molar-refractivity contribution is -0.137. The minimum atomic E-state index is -0.770.